The number of halogens is 2. The molecule has 0 saturated carbocycles. The second-order valence-corrected chi connectivity index (χ2v) is 10.1. The summed E-state index contributed by atoms with van der Waals surface area (Å²) < 4.78 is 27.7. The van der Waals surface area contributed by atoms with Crippen molar-refractivity contribution in [1.82, 2.24) is 10.3 Å². The first-order valence-electron chi connectivity index (χ1n) is 12.7. The maximum atomic E-state index is 13.8. The molecule has 7 nitrogen and oxygen atoms in total. The number of aldehydes is 2. The van der Waals surface area contributed by atoms with Crippen LogP contribution in [0.1, 0.15) is 32.6 Å². The van der Waals surface area contributed by atoms with Gasteiger partial charge in [-0.25, -0.2) is 8.78 Å². The third kappa shape index (κ3) is 9.90. The average Bonchev–Trinajstić information content (AvgIpc) is 3.37. The van der Waals surface area contributed by atoms with Crippen molar-refractivity contribution in [3.8, 4) is 11.8 Å². The monoisotopic (exact) mass is 555 g/mol. The molecule has 2 aromatic carbocycles. The number of rotatable bonds is 6. The Morgan fingerprint density at radius 1 is 1.05 bits per heavy atom. The van der Waals surface area contributed by atoms with Gasteiger partial charge in [-0.1, -0.05) is 39.1 Å². The quantitative estimate of drug-likeness (QED) is 0.142. The zero-order valence-corrected chi connectivity index (χ0v) is 23.6. The molecule has 2 heterocycles. The third-order valence-electron chi connectivity index (χ3n) is 5.99. The van der Waals surface area contributed by atoms with Gasteiger partial charge in [-0.05, 0) is 81.8 Å². The van der Waals surface area contributed by atoms with E-state index in [0.29, 0.717) is 30.5 Å². The van der Waals surface area contributed by atoms with Crippen molar-refractivity contribution in [2.75, 3.05) is 38.6 Å². The maximum Gasteiger partial charge on any atom is 0.192 e. The van der Waals surface area contributed by atoms with Crippen LogP contribution in [0, 0.1) is 23.5 Å². The van der Waals surface area contributed by atoms with Crippen LogP contribution in [0.5, 0.6) is 0 Å². The fourth-order valence-electron chi connectivity index (χ4n) is 4.08. The largest absolute Gasteiger partial charge is 0.381 e. The van der Waals surface area contributed by atoms with Gasteiger partial charge in [-0.3, -0.25) is 9.59 Å². The van der Waals surface area contributed by atoms with E-state index in [9.17, 15) is 18.4 Å². The number of hydrogen-bond donors (Lipinski definition) is 2. The number of carbonyl (C=O) groups excluding carboxylic acids is 2. The molecule has 0 aromatic heterocycles. The molecule has 0 radical (unpaired) electrons. The highest BCUT2D eigenvalue weighted by atomic mass is 31.1. The van der Waals surface area contributed by atoms with Gasteiger partial charge in [0.15, 0.2) is 12.1 Å². The van der Waals surface area contributed by atoms with Crippen LogP contribution in [0.25, 0.3) is 0 Å². The fraction of sp³-hybridized carbons (Fsp3) is 0.345. The van der Waals surface area contributed by atoms with Crippen molar-refractivity contribution in [1.29, 1.82) is 0 Å². The minimum absolute atomic E-state index is 0.0700. The molecule has 2 aliphatic rings. The lowest BCUT2D eigenvalue weighted by Gasteiger charge is -2.22. The number of benzene rings is 2. The van der Waals surface area contributed by atoms with E-state index >= 15 is 0 Å². The van der Waals surface area contributed by atoms with Crippen molar-refractivity contribution >= 4 is 43.3 Å². The third-order valence-corrected chi connectivity index (χ3v) is 7.34. The van der Waals surface area contributed by atoms with Crippen LogP contribution in [0.15, 0.2) is 58.8 Å². The van der Waals surface area contributed by atoms with E-state index in [1.54, 1.807) is 14.0 Å². The Bertz CT molecular complexity index is 1200. The standard InChI is InChI=1S/C19H19F2N4OP.C6H13N.C4H4O/c1-23-24-19(22)17-12(11-26)9-10-25(17)13-5-7-14(8-6-13)27-18-15(20)3-2-4-16(18)21;1-7-5-3-2-4-6-7;1-2-3-4-5/h2-8,11,23,27H,9-10H2,1H3,(H2,22,24);2-6H2,1H3;4H,1H3. The van der Waals surface area contributed by atoms with Crippen molar-refractivity contribution in [2.45, 2.75) is 32.6 Å². The average molecular weight is 556 g/mol. The summed E-state index contributed by atoms with van der Waals surface area (Å²) in [5.74, 6) is 3.72. The number of anilines is 1. The van der Waals surface area contributed by atoms with Gasteiger partial charge in [-0.15, -0.1) is 0 Å². The predicted octanol–water partition coefficient (Wildman–Crippen LogP) is 3.06. The van der Waals surface area contributed by atoms with Crippen LogP contribution in [0.2, 0.25) is 0 Å². The lowest BCUT2D eigenvalue weighted by molar-refractivity contribution is -0.105. The van der Waals surface area contributed by atoms with E-state index in [4.69, 9.17) is 5.73 Å². The molecular weight excluding hydrogens is 519 g/mol. The second-order valence-electron chi connectivity index (χ2n) is 8.76. The normalized spacial score (nSPS) is 15.5. The van der Waals surface area contributed by atoms with Crippen LogP contribution in [0.4, 0.5) is 14.5 Å². The molecular formula is C29H36F2N5O2P. The summed E-state index contributed by atoms with van der Waals surface area (Å²) in [6.07, 6.45) is 6.21. The van der Waals surface area contributed by atoms with Crippen molar-refractivity contribution in [3.05, 3.63) is 65.4 Å². The highest BCUT2D eigenvalue weighted by molar-refractivity contribution is 7.55. The van der Waals surface area contributed by atoms with Crippen LogP contribution in [-0.4, -0.2) is 57.0 Å². The Balaban J connectivity index is 0.000000367. The summed E-state index contributed by atoms with van der Waals surface area (Å²) in [6, 6.07) is 11.2. The van der Waals surface area contributed by atoms with Crippen LogP contribution >= 0.6 is 8.58 Å². The number of hydrazone groups is 1. The summed E-state index contributed by atoms with van der Waals surface area (Å²) in [5.41, 5.74) is 10.6. The number of likely N-dealkylation sites (tertiary alicyclic amines) is 1. The molecule has 0 amide bonds. The molecule has 208 valence electrons. The topological polar surface area (TPSA) is 91.0 Å². The molecule has 1 atom stereocenters. The number of piperidine rings is 1. The summed E-state index contributed by atoms with van der Waals surface area (Å²) in [6.45, 7) is 4.86. The number of nitrogens with zero attached hydrogens (tertiary/aromatic N) is 3. The molecule has 1 fully saturated rings. The highest BCUT2D eigenvalue weighted by Gasteiger charge is 2.26. The fourth-order valence-corrected chi connectivity index (χ4v) is 5.11. The molecule has 0 bridgehead atoms. The van der Waals surface area contributed by atoms with Crippen molar-refractivity contribution in [3.63, 3.8) is 0 Å². The molecule has 2 aromatic rings. The van der Waals surface area contributed by atoms with E-state index in [0.717, 1.165) is 17.3 Å². The highest BCUT2D eigenvalue weighted by Crippen LogP contribution is 2.29. The van der Waals surface area contributed by atoms with E-state index in [1.165, 1.54) is 50.6 Å². The zero-order valence-electron chi connectivity index (χ0n) is 22.6. The van der Waals surface area contributed by atoms with Gasteiger partial charge in [0.1, 0.15) is 17.9 Å². The summed E-state index contributed by atoms with van der Waals surface area (Å²) in [4.78, 5) is 24.9. The Morgan fingerprint density at radius 2 is 1.69 bits per heavy atom. The minimum atomic E-state index is -0.547. The number of carbonyl (C=O) groups is 2. The van der Waals surface area contributed by atoms with Gasteiger partial charge in [0.05, 0.1) is 5.70 Å². The summed E-state index contributed by atoms with van der Waals surface area (Å²) >= 11 is 0. The van der Waals surface area contributed by atoms with Gasteiger partial charge >= 0.3 is 0 Å². The molecule has 2 aliphatic heterocycles. The molecule has 1 unspecified atom stereocenters. The maximum absolute atomic E-state index is 13.8. The lowest BCUT2D eigenvalue weighted by Crippen LogP contribution is -2.30. The molecule has 0 spiro atoms. The first kappa shape index (κ1) is 31.6. The van der Waals surface area contributed by atoms with E-state index in [-0.39, 0.29) is 19.7 Å². The van der Waals surface area contributed by atoms with Crippen LogP contribution < -0.4 is 26.7 Å². The molecule has 0 aliphatic carbocycles. The van der Waals surface area contributed by atoms with Gasteiger partial charge in [0, 0.05) is 30.2 Å². The zero-order chi connectivity index (χ0) is 28.6. The molecule has 3 N–H and O–H groups in total. The number of nitrogens with one attached hydrogen (secondary N) is 1. The predicted molar refractivity (Wildman–Crippen MR) is 157 cm³/mol. The summed E-state index contributed by atoms with van der Waals surface area (Å²) in [7, 11) is 3.69. The van der Waals surface area contributed by atoms with Crippen molar-refractivity contribution < 1.29 is 18.4 Å². The minimum Gasteiger partial charge on any atom is -0.381 e. The number of amidine groups is 1. The van der Waals surface area contributed by atoms with Crippen LogP contribution in [0.3, 0.4) is 0 Å². The van der Waals surface area contributed by atoms with Gasteiger partial charge < -0.3 is 21.0 Å². The smallest absolute Gasteiger partial charge is 0.192 e. The van der Waals surface area contributed by atoms with E-state index < -0.39 is 11.6 Å². The van der Waals surface area contributed by atoms with E-state index in [1.807, 2.05) is 29.2 Å². The number of nitrogens with two attached hydrogens (primary N) is 1. The Kier molecular flexibility index (Phi) is 13.8. The van der Waals surface area contributed by atoms with Crippen LogP contribution in [-0.2, 0) is 9.59 Å². The summed E-state index contributed by atoms with van der Waals surface area (Å²) in [5, 5.41) is 4.85. The SMILES string of the molecule is CC#CC=O.CN/N=C(/N)C1=C(C=O)CCN1c1ccc(Pc2c(F)cccc2F)cc1.CN1CCCCC1. The molecule has 10 heteroatoms. The first-order chi connectivity index (χ1) is 18.9. The van der Waals surface area contributed by atoms with Gasteiger partial charge in [0.25, 0.3) is 0 Å². The van der Waals surface area contributed by atoms with Crippen molar-refractivity contribution in [2.24, 2.45) is 10.8 Å². The Morgan fingerprint density at radius 3 is 2.15 bits per heavy atom. The first-order valence-corrected chi connectivity index (χ1v) is 13.7. The van der Waals surface area contributed by atoms with Gasteiger partial charge in [0.2, 0.25) is 0 Å². The molecule has 39 heavy (non-hydrogen) atoms. The van der Waals surface area contributed by atoms with E-state index in [2.05, 4.69) is 34.3 Å². The second kappa shape index (κ2) is 17.1. The molecule has 4 rings (SSSR count). The van der Waals surface area contributed by atoms with Gasteiger partial charge in [-0.2, -0.15) is 5.10 Å². The number of hydrogen-bond acceptors (Lipinski definition) is 6. The lowest BCUT2D eigenvalue weighted by atomic mass is 10.1. The molecule has 1 saturated heterocycles. The Hall–Kier alpha value is -3.60. The Labute approximate surface area is 231 Å².